The molecule has 5 heteroatoms. The van der Waals surface area contributed by atoms with Crippen LogP contribution < -0.4 is 0 Å². The minimum atomic E-state index is -0.154. The van der Waals surface area contributed by atoms with Gasteiger partial charge in [-0.05, 0) is 71.9 Å². The molecule has 0 N–H and O–H groups in total. The summed E-state index contributed by atoms with van der Waals surface area (Å²) in [6, 6.07) is 0. The molecule has 4 aliphatic rings. The van der Waals surface area contributed by atoms with Crippen molar-refractivity contribution in [2.45, 2.75) is 76.7 Å². The zero-order valence-corrected chi connectivity index (χ0v) is 17.5. The van der Waals surface area contributed by atoms with E-state index in [0.29, 0.717) is 0 Å². The van der Waals surface area contributed by atoms with Crippen LogP contribution in [0.2, 0.25) is 0 Å². The average molecular weight is 365 g/mol. The number of rotatable bonds is 3. The van der Waals surface area contributed by atoms with Gasteiger partial charge in [0.1, 0.15) is 5.40 Å². The van der Waals surface area contributed by atoms with Crippen molar-refractivity contribution < 1.29 is 0 Å². The van der Waals surface area contributed by atoms with Crippen molar-refractivity contribution in [2.24, 2.45) is 4.99 Å². The summed E-state index contributed by atoms with van der Waals surface area (Å²) in [5, 5.41) is 0.167. The Hall–Kier alpha value is -0.0200. The summed E-state index contributed by atoms with van der Waals surface area (Å²) < 4.78 is 2.90. The molecule has 1 atom stereocenters. The average Bonchev–Trinajstić information content (AvgIpc) is 3.33. The summed E-state index contributed by atoms with van der Waals surface area (Å²) in [6.07, 6.45) is 10.9. The molecule has 4 saturated heterocycles. The van der Waals surface area contributed by atoms with Crippen LogP contribution in [-0.4, -0.2) is 76.6 Å². The van der Waals surface area contributed by atoms with Crippen molar-refractivity contribution in [3.8, 4) is 0 Å². The van der Waals surface area contributed by atoms with Crippen molar-refractivity contribution in [2.75, 3.05) is 45.4 Å². The SMILES string of the molecule is CC(C)(C)N=C1CCP(N2CCCC2)C1(N1CCCC1)N1CCCC1. The maximum Gasteiger partial charge on any atom is 0.146 e. The van der Waals surface area contributed by atoms with Crippen LogP contribution >= 0.6 is 8.07 Å². The first-order valence-corrected chi connectivity index (χ1v) is 12.1. The monoisotopic (exact) mass is 364 g/mol. The molecule has 4 rings (SSSR count). The van der Waals surface area contributed by atoms with E-state index in [1.807, 2.05) is 0 Å². The minimum absolute atomic E-state index is 0.0381. The molecule has 4 nitrogen and oxygen atoms in total. The van der Waals surface area contributed by atoms with E-state index >= 15 is 0 Å². The highest BCUT2D eigenvalue weighted by Gasteiger charge is 2.58. The Labute approximate surface area is 155 Å². The van der Waals surface area contributed by atoms with Crippen LogP contribution in [0.5, 0.6) is 0 Å². The molecular formula is C20H37N4P. The fourth-order valence-corrected chi connectivity index (χ4v) is 9.14. The molecule has 0 spiro atoms. The molecule has 4 heterocycles. The van der Waals surface area contributed by atoms with Crippen LogP contribution in [0.4, 0.5) is 0 Å². The first-order chi connectivity index (χ1) is 12.0. The molecule has 4 fully saturated rings. The molecule has 0 bridgehead atoms. The Morgan fingerprint density at radius 3 is 1.76 bits per heavy atom. The number of likely N-dealkylation sites (tertiary alicyclic amines) is 2. The lowest BCUT2D eigenvalue weighted by atomic mass is 10.1. The molecule has 0 aliphatic carbocycles. The molecule has 0 saturated carbocycles. The number of hydrogen-bond donors (Lipinski definition) is 0. The smallest absolute Gasteiger partial charge is 0.146 e. The largest absolute Gasteiger partial charge is 0.285 e. The van der Waals surface area contributed by atoms with Gasteiger partial charge in [0.25, 0.3) is 0 Å². The van der Waals surface area contributed by atoms with E-state index in [1.165, 1.54) is 90.4 Å². The van der Waals surface area contributed by atoms with Gasteiger partial charge in [0.15, 0.2) is 0 Å². The van der Waals surface area contributed by atoms with Crippen molar-refractivity contribution in [1.29, 1.82) is 0 Å². The van der Waals surface area contributed by atoms with Gasteiger partial charge in [-0.15, -0.1) is 0 Å². The van der Waals surface area contributed by atoms with E-state index in [4.69, 9.17) is 4.99 Å². The maximum atomic E-state index is 5.40. The Balaban J connectivity index is 1.79. The van der Waals surface area contributed by atoms with Crippen LogP contribution in [0.25, 0.3) is 0 Å². The molecule has 25 heavy (non-hydrogen) atoms. The Kier molecular flexibility index (Phi) is 5.27. The van der Waals surface area contributed by atoms with Crippen molar-refractivity contribution in [3.63, 3.8) is 0 Å². The van der Waals surface area contributed by atoms with E-state index in [0.717, 1.165) is 0 Å². The molecule has 0 aromatic heterocycles. The van der Waals surface area contributed by atoms with Crippen LogP contribution in [0.15, 0.2) is 4.99 Å². The van der Waals surface area contributed by atoms with Gasteiger partial charge < -0.3 is 0 Å². The third-order valence-electron chi connectivity index (χ3n) is 6.30. The van der Waals surface area contributed by atoms with Gasteiger partial charge in [-0.3, -0.25) is 19.5 Å². The van der Waals surface area contributed by atoms with E-state index in [2.05, 4.69) is 35.2 Å². The highest BCUT2D eigenvalue weighted by molar-refractivity contribution is 7.58. The first-order valence-electron chi connectivity index (χ1n) is 10.6. The first kappa shape index (κ1) is 18.3. The number of nitrogens with zero attached hydrogens (tertiary/aromatic N) is 4. The molecule has 0 aromatic rings. The van der Waals surface area contributed by atoms with Gasteiger partial charge in [0.05, 0.1) is 11.3 Å². The highest BCUT2D eigenvalue weighted by atomic mass is 31.1. The van der Waals surface area contributed by atoms with Crippen LogP contribution in [-0.2, 0) is 0 Å². The second-order valence-corrected chi connectivity index (χ2v) is 11.7. The van der Waals surface area contributed by atoms with Crippen LogP contribution in [0, 0.1) is 0 Å². The molecule has 0 amide bonds. The lowest BCUT2D eigenvalue weighted by molar-refractivity contribution is 0.0946. The lowest BCUT2D eigenvalue weighted by Crippen LogP contribution is -2.62. The third-order valence-corrected chi connectivity index (χ3v) is 9.57. The summed E-state index contributed by atoms with van der Waals surface area (Å²) in [4.78, 5) is 11.2. The molecule has 142 valence electrons. The fourth-order valence-electron chi connectivity index (χ4n) is 5.45. The topological polar surface area (TPSA) is 22.1 Å². The van der Waals surface area contributed by atoms with E-state index in [9.17, 15) is 0 Å². The summed E-state index contributed by atoms with van der Waals surface area (Å²) in [7, 11) is -0.154. The van der Waals surface area contributed by atoms with E-state index in [1.54, 1.807) is 5.71 Å². The molecular weight excluding hydrogens is 327 g/mol. The molecule has 1 unspecified atom stereocenters. The fraction of sp³-hybridized carbons (Fsp3) is 0.950. The van der Waals surface area contributed by atoms with Crippen molar-refractivity contribution in [3.05, 3.63) is 0 Å². The van der Waals surface area contributed by atoms with Gasteiger partial charge in [0.2, 0.25) is 0 Å². The van der Waals surface area contributed by atoms with Gasteiger partial charge >= 0.3 is 0 Å². The third kappa shape index (κ3) is 3.33. The van der Waals surface area contributed by atoms with Gasteiger partial charge in [-0.25, -0.2) is 0 Å². The lowest BCUT2D eigenvalue weighted by Gasteiger charge is -2.52. The van der Waals surface area contributed by atoms with Crippen LogP contribution in [0.3, 0.4) is 0 Å². The van der Waals surface area contributed by atoms with E-state index < -0.39 is 0 Å². The summed E-state index contributed by atoms with van der Waals surface area (Å²) in [5.41, 5.74) is 1.58. The minimum Gasteiger partial charge on any atom is -0.285 e. The molecule has 4 aliphatic heterocycles. The predicted molar refractivity (Wildman–Crippen MR) is 109 cm³/mol. The summed E-state index contributed by atoms with van der Waals surface area (Å²) >= 11 is 0. The van der Waals surface area contributed by atoms with Gasteiger partial charge in [-0.1, -0.05) is 0 Å². The van der Waals surface area contributed by atoms with E-state index in [-0.39, 0.29) is 19.0 Å². The highest BCUT2D eigenvalue weighted by Crippen LogP contribution is 2.64. The Morgan fingerprint density at radius 2 is 1.28 bits per heavy atom. The predicted octanol–water partition coefficient (Wildman–Crippen LogP) is 3.97. The zero-order chi connectivity index (χ0) is 17.5. The van der Waals surface area contributed by atoms with Gasteiger partial charge in [-0.2, -0.15) is 0 Å². The van der Waals surface area contributed by atoms with Crippen molar-refractivity contribution in [1.82, 2.24) is 14.5 Å². The molecule has 0 aromatic carbocycles. The number of aliphatic imine (C=N–C) groups is 1. The quantitative estimate of drug-likeness (QED) is 0.708. The Bertz CT molecular complexity index is 478. The normalized spacial score (nSPS) is 33.9. The zero-order valence-electron chi connectivity index (χ0n) is 16.6. The summed E-state index contributed by atoms with van der Waals surface area (Å²) in [6.45, 7) is 14.7. The van der Waals surface area contributed by atoms with Gasteiger partial charge in [0, 0.05) is 47.3 Å². The number of hydrogen-bond acceptors (Lipinski definition) is 4. The Morgan fingerprint density at radius 1 is 0.800 bits per heavy atom. The van der Waals surface area contributed by atoms with Crippen molar-refractivity contribution >= 4 is 13.8 Å². The second-order valence-electron chi connectivity index (χ2n) is 9.29. The summed E-state index contributed by atoms with van der Waals surface area (Å²) in [5.74, 6) is 0. The maximum absolute atomic E-state index is 5.40. The standard InChI is InChI=1S/C20H37N4P/c1-19(2,3)21-18-10-17-25(24-15-8-9-16-24)20(18,22-11-4-5-12-22)23-13-6-7-14-23/h4-17H2,1-3H3. The molecule has 0 radical (unpaired) electrons. The second kappa shape index (κ2) is 7.19. The van der Waals surface area contributed by atoms with Crippen LogP contribution in [0.1, 0.15) is 65.7 Å².